The van der Waals surface area contributed by atoms with Crippen molar-refractivity contribution in [3.05, 3.63) is 34.1 Å². The van der Waals surface area contributed by atoms with Gasteiger partial charge in [0.05, 0.1) is 17.2 Å². The number of hydrogen-bond donors (Lipinski definition) is 0. The number of carbonyl (C=O) groups is 2. The van der Waals surface area contributed by atoms with E-state index in [-0.39, 0.29) is 22.8 Å². The average molecular weight is 231 g/mol. The molecule has 0 aliphatic carbocycles. The molecule has 1 rings (SSSR count). The summed E-state index contributed by atoms with van der Waals surface area (Å²) in [5, 5.41) is -0.204. The Morgan fingerprint density at radius 3 is 2.80 bits per heavy atom. The number of aldehydes is 1. The van der Waals surface area contributed by atoms with Crippen molar-refractivity contribution in [2.45, 2.75) is 6.92 Å². The molecule has 0 saturated carbocycles. The number of benzene rings is 1. The van der Waals surface area contributed by atoms with Crippen molar-refractivity contribution in [1.82, 2.24) is 0 Å². The summed E-state index contributed by atoms with van der Waals surface area (Å²) in [4.78, 5) is 21.9. The van der Waals surface area contributed by atoms with E-state index in [1.807, 2.05) is 0 Å². The third kappa shape index (κ3) is 2.53. The zero-order valence-electron chi connectivity index (χ0n) is 7.92. The summed E-state index contributed by atoms with van der Waals surface area (Å²) in [7, 11) is 0. The van der Waals surface area contributed by atoms with Crippen molar-refractivity contribution in [3.8, 4) is 0 Å². The normalized spacial score (nSPS) is 9.80. The Labute approximate surface area is 90.8 Å². The lowest BCUT2D eigenvalue weighted by atomic mass is 10.1. The van der Waals surface area contributed by atoms with Gasteiger partial charge in [-0.05, 0) is 19.1 Å². The second-order valence-electron chi connectivity index (χ2n) is 2.69. The van der Waals surface area contributed by atoms with E-state index in [1.54, 1.807) is 6.92 Å². The summed E-state index contributed by atoms with van der Waals surface area (Å²) in [6, 6.07) is 1.99. The predicted octanol–water partition coefficient (Wildman–Crippen LogP) is 2.47. The van der Waals surface area contributed by atoms with Crippen LogP contribution in [0, 0.1) is 5.82 Å². The van der Waals surface area contributed by atoms with Crippen LogP contribution in [0.15, 0.2) is 12.1 Å². The van der Waals surface area contributed by atoms with Crippen LogP contribution in [0.3, 0.4) is 0 Å². The van der Waals surface area contributed by atoms with Crippen LogP contribution in [0.1, 0.15) is 27.6 Å². The second kappa shape index (κ2) is 4.89. The van der Waals surface area contributed by atoms with Crippen LogP contribution >= 0.6 is 11.6 Å². The number of carbonyl (C=O) groups excluding carboxylic acids is 2. The molecule has 0 saturated heterocycles. The Morgan fingerprint density at radius 1 is 1.60 bits per heavy atom. The molecule has 0 unspecified atom stereocenters. The van der Waals surface area contributed by atoms with Gasteiger partial charge in [-0.3, -0.25) is 4.79 Å². The predicted molar refractivity (Wildman–Crippen MR) is 52.8 cm³/mol. The van der Waals surface area contributed by atoms with E-state index in [9.17, 15) is 14.0 Å². The lowest BCUT2D eigenvalue weighted by Crippen LogP contribution is -2.08. The number of ether oxygens (including phenoxy) is 1. The minimum Gasteiger partial charge on any atom is -0.462 e. The van der Waals surface area contributed by atoms with Gasteiger partial charge in [0.1, 0.15) is 5.82 Å². The fraction of sp³-hybridized carbons (Fsp3) is 0.200. The van der Waals surface area contributed by atoms with Gasteiger partial charge in [-0.15, -0.1) is 0 Å². The van der Waals surface area contributed by atoms with Gasteiger partial charge in [0.15, 0.2) is 6.29 Å². The standard InChI is InChI=1S/C10H8ClFO3/c1-2-15-10(14)7-4-9(12)8(11)3-6(7)5-13/h3-5H,2H2,1H3. The van der Waals surface area contributed by atoms with E-state index in [2.05, 4.69) is 4.74 Å². The zero-order chi connectivity index (χ0) is 11.4. The molecular formula is C10H8ClFO3. The van der Waals surface area contributed by atoms with Gasteiger partial charge < -0.3 is 4.74 Å². The van der Waals surface area contributed by atoms with Crippen molar-refractivity contribution in [2.75, 3.05) is 6.61 Å². The Balaban J connectivity index is 3.21. The molecule has 0 N–H and O–H groups in total. The summed E-state index contributed by atoms with van der Waals surface area (Å²) >= 11 is 5.46. The van der Waals surface area contributed by atoms with Crippen molar-refractivity contribution in [3.63, 3.8) is 0 Å². The van der Waals surface area contributed by atoms with E-state index in [4.69, 9.17) is 11.6 Å². The smallest absolute Gasteiger partial charge is 0.338 e. The largest absolute Gasteiger partial charge is 0.462 e. The fourth-order valence-corrected chi connectivity index (χ4v) is 1.22. The molecule has 0 spiro atoms. The quantitative estimate of drug-likeness (QED) is 0.592. The highest BCUT2D eigenvalue weighted by Gasteiger charge is 2.15. The minimum absolute atomic E-state index is 0.0138. The summed E-state index contributed by atoms with van der Waals surface area (Å²) in [5.74, 6) is -1.50. The minimum atomic E-state index is -0.759. The topological polar surface area (TPSA) is 43.4 Å². The van der Waals surface area contributed by atoms with Crippen LogP contribution in [-0.2, 0) is 4.74 Å². The van der Waals surface area contributed by atoms with Gasteiger partial charge in [-0.1, -0.05) is 11.6 Å². The molecule has 15 heavy (non-hydrogen) atoms. The SMILES string of the molecule is CCOC(=O)c1cc(F)c(Cl)cc1C=O. The first-order valence-corrected chi connectivity index (χ1v) is 4.59. The van der Waals surface area contributed by atoms with Crippen molar-refractivity contribution < 1.29 is 18.7 Å². The first kappa shape index (κ1) is 11.7. The molecule has 0 aromatic heterocycles. The molecule has 0 amide bonds. The molecule has 0 bridgehead atoms. The van der Waals surface area contributed by atoms with Gasteiger partial charge in [-0.2, -0.15) is 0 Å². The molecule has 0 heterocycles. The van der Waals surface area contributed by atoms with Crippen LogP contribution in [-0.4, -0.2) is 18.9 Å². The van der Waals surface area contributed by atoms with Crippen LogP contribution in [0.2, 0.25) is 5.02 Å². The van der Waals surface area contributed by atoms with Crippen molar-refractivity contribution in [1.29, 1.82) is 0 Å². The van der Waals surface area contributed by atoms with Gasteiger partial charge >= 0.3 is 5.97 Å². The van der Waals surface area contributed by atoms with E-state index in [0.29, 0.717) is 6.29 Å². The van der Waals surface area contributed by atoms with Crippen LogP contribution in [0.25, 0.3) is 0 Å². The molecule has 0 radical (unpaired) electrons. The maximum Gasteiger partial charge on any atom is 0.338 e. The molecule has 5 heteroatoms. The highest BCUT2D eigenvalue weighted by atomic mass is 35.5. The Hall–Kier alpha value is -1.42. The van der Waals surface area contributed by atoms with Gasteiger partial charge in [0.25, 0.3) is 0 Å². The highest BCUT2D eigenvalue weighted by molar-refractivity contribution is 6.31. The zero-order valence-corrected chi connectivity index (χ0v) is 8.68. The summed E-state index contributed by atoms with van der Waals surface area (Å²) in [6.07, 6.45) is 0.428. The molecule has 80 valence electrons. The van der Waals surface area contributed by atoms with E-state index >= 15 is 0 Å². The average Bonchev–Trinajstić information content (AvgIpc) is 2.21. The Morgan fingerprint density at radius 2 is 2.27 bits per heavy atom. The van der Waals surface area contributed by atoms with Crippen LogP contribution in [0.4, 0.5) is 4.39 Å². The lowest BCUT2D eigenvalue weighted by molar-refractivity contribution is 0.0523. The summed E-state index contributed by atoms with van der Waals surface area (Å²) < 4.78 is 17.7. The highest BCUT2D eigenvalue weighted by Crippen LogP contribution is 2.20. The summed E-state index contributed by atoms with van der Waals surface area (Å²) in [5.41, 5.74) is -0.103. The van der Waals surface area contributed by atoms with Crippen molar-refractivity contribution >= 4 is 23.9 Å². The van der Waals surface area contributed by atoms with Crippen molar-refractivity contribution in [2.24, 2.45) is 0 Å². The fourth-order valence-electron chi connectivity index (χ4n) is 1.05. The Kier molecular flexibility index (Phi) is 3.80. The number of halogens is 2. The third-order valence-electron chi connectivity index (χ3n) is 1.71. The van der Waals surface area contributed by atoms with Gasteiger partial charge in [0.2, 0.25) is 0 Å². The monoisotopic (exact) mass is 230 g/mol. The van der Waals surface area contributed by atoms with Crippen LogP contribution < -0.4 is 0 Å². The molecule has 0 fully saturated rings. The van der Waals surface area contributed by atoms with E-state index < -0.39 is 11.8 Å². The maximum absolute atomic E-state index is 13.0. The van der Waals surface area contributed by atoms with Crippen LogP contribution in [0.5, 0.6) is 0 Å². The molecule has 0 atom stereocenters. The first-order chi connectivity index (χ1) is 7.10. The molecule has 0 aliphatic heterocycles. The Bertz CT molecular complexity index is 404. The third-order valence-corrected chi connectivity index (χ3v) is 2.00. The lowest BCUT2D eigenvalue weighted by Gasteiger charge is -2.05. The molecule has 1 aromatic carbocycles. The number of hydrogen-bond acceptors (Lipinski definition) is 3. The molecular weight excluding hydrogens is 223 g/mol. The first-order valence-electron chi connectivity index (χ1n) is 4.21. The molecule has 1 aromatic rings. The van der Waals surface area contributed by atoms with Gasteiger partial charge in [0, 0.05) is 5.56 Å². The number of esters is 1. The molecule has 0 aliphatic rings. The van der Waals surface area contributed by atoms with E-state index in [0.717, 1.165) is 12.1 Å². The number of rotatable bonds is 3. The molecule has 3 nitrogen and oxygen atoms in total. The summed E-state index contributed by atoms with van der Waals surface area (Å²) in [6.45, 7) is 1.77. The maximum atomic E-state index is 13.0. The van der Waals surface area contributed by atoms with E-state index in [1.165, 1.54) is 0 Å². The second-order valence-corrected chi connectivity index (χ2v) is 3.10. The van der Waals surface area contributed by atoms with Gasteiger partial charge in [-0.25, -0.2) is 9.18 Å².